The maximum Gasteiger partial charge on any atom is 0.201 e. The molecule has 5 nitrogen and oxygen atoms in total. The summed E-state index contributed by atoms with van der Waals surface area (Å²) in [7, 11) is 3.84. The van der Waals surface area contributed by atoms with Gasteiger partial charge in [-0.25, -0.2) is 4.98 Å². The molecular weight excluding hydrogens is 240 g/mol. The number of fused-ring (bicyclic) bond motifs is 1. The third-order valence-electron chi connectivity index (χ3n) is 3.91. The number of imidazole rings is 1. The number of rotatable bonds is 3. The zero-order chi connectivity index (χ0) is 13.4. The molecule has 0 spiro atoms. The maximum atomic E-state index is 6.06. The lowest BCUT2D eigenvalue weighted by molar-refractivity contribution is 0.380. The van der Waals surface area contributed by atoms with Crippen LogP contribution in [0.2, 0.25) is 0 Å². The van der Waals surface area contributed by atoms with Gasteiger partial charge >= 0.3 is 0 Å². The lowest BCUT2D eigenvalue weighted by Crippen LogP contribution is -2.17. The Morgan fingerprint density at radius 3 is 3.00 bits per heavy atom. The summed E-state index contributed by atoms with van der Waals surface area (Å²) in [6.07, 6.45) is 1.22. The smallest absolute Gasteiger partial charge is 0.201 e. The summed E-state index contributed by atoms with van der Waals surface area (Å²) in [5.41, 5.74) is 8.05. The molecule has 3 rings (SSSR count). The molecule has 1 aliphatic heterocycles. The largest absolute Gasteiger partial charge is 0.497 e. The molecule has 2 N–H and O–H groups in total. The Morgan fingerprint density at radius 2 is 2.32 bits per heavy atom. The van der Waals surface area contributed by atoms with Gasteiger partial charge in [0, 0.05) is 19.2 Å². The monoisotopic (exact) mass is 260 g/mol. The van der Waals surface area contributed by atoms with E-state index < -0.39 is 0 Å². The molecule has 0 bridgehead atoms. The Morgan fingerprint density at radius 1 is 1.47 bits per heavy atom. The first-order valence-corrected chi connectivity index (χ1v) is 6.65. The van der Waals surface area contributed by atoms with Crippen molar-refractivity contribution in [3.05, 3.63) is 18.2 Å². The Balaban J connectivity index is 1.94. The van der Waals surface area contributed by atoms with Crippen LogP contribution in [0.4, 0.5) is 5.95 Å². The van der Waals surface area contributed by atoms with Crippen molar-refractivity contribution in [2.45, 2.75) is 13.0 Å². The molecule has 0 saturated carbocycles. The zero-order valence-electron chi connectivity index (χ0n) is 11.5. The number of likely N-dealkylation sites (tertiary alicyclic amines) is 1. The molecule has 1 saturated heterocycles. The molecule has 1 aliphatic rings. The van der Waals surface area contributed by atoms with Gasteiger partial charge in [-0.15, -0.1) is 0 Å². The molecule has 1 atom stereocenters. The van der Waals surface area contributed by atoms with E-state index in [9.17, 15) is 0 Å². The van der Waals surface area contributed by atoms with Gasteiger partial charge in [0.1, 0.15) is 5.75 Å². The minimum Gasteiger partial charge on any atom is -0.497 e. The van der Waals surface area contributed by atoms with Gasteiger partial charge in [-0.1, -0.05) is 0 Å². The number of nitrogen functional groups attached to an aromatic ring is 1. The highest BCUT2D eigenvalue weighted by Crippen LogP contribution is 2.26. The Kier molecular flexibility index (Phi) is 3.06. The number of hydrogen-bond acceptors (Lipinski definition) is 4. The number of hydrogen-bond donors (Lipinski definition) is 1. The normalized spacial score (nSPS) is 20.2. The van der Waals surface area contributed by atoms with E-state index in [1.54, 1.807) is 7.11 Å². The van der Waals surface area contributed by atoms with Gasteiger partial charge in [0.05, 0.1) is 18.1 Å². The van der Waals surface area contributed by atoms with Gasteiger partial charge in [-0.2, -0.15) is 0 Å². The quantitative estimate of drug-likeness (QED) is 0.910. The summed E-state index contributed by atoms with van der Waals surface area (Å²) in [5.74, 6) is 2.09. The molecule has 2 aromatic rings. The third-order valence-corrected chi connectivity index (χ3v) is 3.91. The maximum absolute atomic E-state index is 6.06. The van der Waals surface area contributed by atoms with Crippen molar-refractivity contribution in [1.82, 2.24) is 14.5 Å². The molecule has 0 radical (unpaired) electrons. The van der Waals surface area contributed by atoms with Crippen molar-refractivity contribution in [3.63, 3.8) is 0 Å². The van der Waals surface area contributed by atoms with E-state index in [4.69, 9.17) is 10.5 Å². The minimum atomic E-state index is 0.595. The molecule has 19 heavy (non-hydrogen) atoms. The van der Waals surface area contributed by atoms with E-state index >= 15 is 0 Å². The van der Waals surface area contributed by atoms with Crippen molar-refractivity contribution >= 4 is 17.0 Å². The van der Waals surface area contributed by atoms with Gasteiger partial charge in [0.2, 0.25) is 5.95 Å². The molecule has 1 aromatic carbocycles. The summed E-state index contributed by atoms with van der Waals surface area (Å²) in [5, 5.41) is 0. The van der Waals surface area contributed by atoms with Crippen LogP contribution in [-0.4, -0.2) is 41.7 Å². The van der Waals surface area contributed by atoms with Crippen LogP contribution in [0.1, 0.15) is 6.42 Å². The third kappa shape index (κ3) is 2.26. The minimum absolute atomic E-state index is 0.595. The highest BCUT2D eigenvalue weighted by atomic mass is 16.5. The molecule has 0 aliphatic carbocycles. The SMILES string of the molecule is COc1ccc2nc(N)n(CC3CCN(C)C3)c2c1. The number of anilines is 1. The van der Waals surface area contributed by atoms with Crippen LogP contribution in [-0.2, 0) is 6.54 Å². The van der Waals surface area contributed by atoms with Crippen LogP contribution in [0.15, 0.2) is 18.2 Å². The molecule has 102 valence electrons. The fourth-order valence-corrected chi connectivity index (χ4v) is 2.87. The molecule has 5 heteroatoms. The van der Waals surface area contributed by atoms with Crippen LogP contribution in [0.5, 0.6) is 5.75 Å². The molecule has 1 unspecified atom stereocenters. The van der Waals surface area contributed by atoms with Gasteiger partial charge < -0.3 is 19.9 Å². The first kappa shape index (κ1) is 12.3. The van der Waals surface area contributed by atoms with Crippen molar-refractivity contribution < 1.29 is 4.74 Å². The first-order chi connectivity index (χ1) is 9.17. The molecule has 0 amide bonds. The van der Waals surface area contributed by atoms with Crippen LogP contribution < -0.4 is 10.5 Å². The van der Waals surface area contributed by atoms with Crippen LogP contribution >= 0.6 is 0 Å². The fourth-order valence-electron chi connectivity index (χ4n) is 2.87. The predicted octanol–water partition coefficient (Wildman–Crippen LogP) is 1.58. The number of aromatic nitrogens is 2. The summed E-state index contributed by atoms with van der Waals surface area (Å²) in [4.78, 5) is 6.78. The standard InChI is InChI=1S/C14H20N4O/c1-17-6-5-10(8-17)9-18-13-7-11(19-2)3-4-12(13)16-14(18)15/h3-4,7,10H,5-6,8-9H2,1-2H3,(H2,15,16). The fraction of sp³-hybridized carbons (Fsp3) is 0.500. The van der Waals surface area contributed by atoms with Gasteiger partial charge in [0.25, 0.3) is 0 Å². The van der Waals surface area contributed by atoms with Gasteiger partial charge in [-0.3, -0.25) is 0 Å². The van der Waals surface area contributed by atoms with E-state index in [0.29, 0.717) is 11.9 Å². The van der Waals surface area contributed by atoms with E-state index in [-0.39, 0.29) is 0 Å². The number of methoxy groups -OCH3 is 1. The summed E-state index contributed by atoms with van der Waals surface area (Å²) < 4.78 is 7.40. The van der Waals surface area contributed by atoms with Crippen molar-refractivity contribution in [1.29, 1.82) is 0 Å². The second-order valence-corrected chi connectivity index (χ2v) is 5.35. The highest BCUT2D eigenvalue weighted by molar-refractivity contribution is 5.79. The van der Waals surface area contributed by atoms with Crippen molar-refractivity contribution in [2.24, 2.45) is 5.92 Å². The lowest BCUT2D eigenvalue weighted by Gasteiger charge is -2.13. The lowest BCUT2D eigenvalue weighted by atomic mass is 10.1. The zero-order valence-corrected chi connectivity index (χ0v) is 11.5. The van der Waals surface area contributed by atoms with Crippen LogP contribution in [0.25, 0.3) is 11.0 Å². The molecule has 1 fully saturated rings. The van der Waals surface area contributed by atoms with Crippen LogP contribution in [0.3, 0.4) is 0 Å². The van der Waals surface area contributed by atoms with E-state index in [2.05, 4.69) is 21.5 Å². The number of nitrogens with two attached hydrogens (primary N) is 1. The predicted molar refractivity (Wildman–Crippen MR) is 76.3 cm³/mol. The summed E-state index contributed by atoms with van der Waals surface area (Å²) in [6.45, 7) is 3.23. The highest BCUT2D eigenvalue weighted by Gasteiger charge is 2.21. The summed E-state index contributed by atoms with van der Waals surface area (Å²) in [6, 6.07) is 5.89. The van der Waals surface area contributed by atoms with Gasteiger partial charge in [-0.05, 0) is 38.1 Å². The number of benzene rings is 1. The van der Waals surface area contributed by atoms with E-state index in [1.165, 1.54) is 13.0 Å². The Labute approximate surface area is 113 Å². The Hall–Kier alpha value is -1.75. The van der Waals surface area contributed by atoms with Crippen molar-refractivity contribution in [2.75, 3.05) is 33.0 Å². The van der Waals surface area contributed by atoms with Crippen molar-refractivity contribution in [3.8, 4) is 5.75 Å². The Bertz CT molecular complexity index is 592. The average molecular weight is 260 g/mol. The van der Waals surface area contributed by atoms with Crippen LogP contribution in [0, 0.1) is 5.92 Å². The molecule has 2 heterocycles. The second kappa shape index (κ2) is 4.74. The second-order valence-electron chi connectivity index (χ2n) is 5.35. The van der Waals surface area contributed by atoms with Gasteiger partial charge in [0.15, 0.2) is 0 Å². The number of ether oxygens (including phenoxy) is 1. The first-order valence-electron chi connectivity index (χ1n) is 6.65. The summed E-state index contributed by atoms with van der Waals surface area (Å²) >= 11 is 0. The van der Waals surface area contributed by atoms with E-state index in [1.807, 2.05) is 18.2 Å². The average Bonchev–Trinajstić information content (AvgIpc) is 2.94. The van der Waals surface area contributed by atoms with E-state index in [0.717, 1.165) is 29.9 Å². The molecule has 1 aromatic heterocycles. The number of nitrogens with zero attached hydrogens (tertiary/aromatic N) is 3. The topological polar surface area (TPSA) is 56.3 Å². The molecular formula is C14H20N4O.